The van der Waals surface area contributed by atoms with Crippen LogP contribution >= 0.6 is 0 Å². The summed E-state index contributed by atoms with van der Waals surface area (Å²) in [5, 5.41) is 9.38. The van der Waals surface area contributed by atoms with Crippen molar-refractivity contribution in [2.24, 2.45) is 0 Å². The molecule has 0 saturated carbocycles. The van der Waals surface area contributed by atoms with E-state index in [0.29, 0.717) is 5.95 Å². The standard InChI is InChI=1S/C17H21FN6O/c18-15-11-20-17(23-16(15)21-13-9-19-10-13)22-12-2-1-3-14(8-12)24-4-6-25-7-5-24/h1-3,8,11,13,19H,4-7,9-10H2,(H2,20,21,22,23). The number of benzene rings is 1. The van der Waals surface area contributed by atoms with E-state index in [1.807, 2.05) is 18.2 Å². The van der Waals surface area contributed by atoms with Gasteiger partial charge in [0.2, 0.25) is 5.95 Å². The maximum Gasteiger partial charge on any atom is 0.229 e. The maximum absolute atomic E-state index is 13.9. The highest BCUT2D eigenvalue weighted by atomic mass is 19.1. The molecular weight excluding hydrogens is 323 g/mol. The average Bonchev–Trinajstić information content (AvgIpc) is 2.61. The molecule has 1 aromatic carbocycles. The van der Waals surface area contributed by atoms with Crippen LogP contribution in [0.15, 0.2) is 30.5 Å². The van der Waals surface area contributed by atoms with Crippen molar-refractivity contribution in [1.82, 2.24) is 15.3 Å². The van der Waals surface area contributed by atoms with Crippen molar-refractivity contribution in [3.05, 3.63) is 36.3 Å². The number of hydrogen-bond acceptors (Lipinski definition) is 7. The largest absolute Gasteiger partial charge is 0.378 e. The van der Waals surface area contributed by atoms with Crippen molar-refractivity contribution in [2.45, 2.75) is 6.04 Å². The van der Waals surface area contributed by atoms with Crippen molar-refractivity contribution in [3.8, 4) is 0 Å². The average molecular weight is 344 g/mol. The Balaban J connectivity index is 1.48. The van der Waals surface area contributed by atoms with Gasteiger partial charge in [-0.05, 0) is 18.2 Å². The van der Waals surface area contributed by atoms with Gasteiger partial charge >= 0.3 is 0 Å². The van der Waals surface area contributed by atoms with E-state index >= 15 is 0 Å². The van der Waals surface area contributed by atoms with E-state index in [0.717, 1.165) is 50.8 Å². The number of hydrogen-bond donors (Lipinski definition) is 3. The molecule has 0 bridgehead atoms. The zero-order valence-corrected chi connectivity index (χ0v) is 13.8. The van der Waals surface area contributed by atoms with Gasteiger partial charge in [0, 0.05) is 37.6 Å². The molecular formula is C17H21FN6O. The predicted molar refractivity (Wildman–Crippen MR) is 95.0 cm³/mol. The zero-order chi connectivity index (χ0) is 17.1. The minimum Gasteiger partial charge on any atom is -0.378 e. The highest BCUT2D eigenvalue weighted by Gasteiger charge is 2.19. The molecule has 4 rings (SSSR count). The second kappa shape index (κ2) is 7.20. The molecule has 2 aromatic rings. The van der Waals surface area contributed by atoms with E-state index in [1.165, 1.54) is 6.20 Å². The number of rotatable bonds is 5. The number of anilines is 4. The molecule has 3 N–H and O–H groups in total. The third-order valence-corrected chi connectivity index (χ3v) is 4.34. The summed E-state index contributed by atoms with van der Waals surface area (Å²) in [7, 11) is 0. The SMILES string of the molecule is Fc1cnc(Nc2cccc(N3CCOCC3)c2)nc1NC1CNC1. The molecule has 8 heteroatoms. The highest BCUT2D eigenvalue weighted by Crippen LogP contribution is 2.23. The van der Waals surface area contributed by atoms with Crippen molar-refractivity contribution in [3.63, 3.8) is 0 Å². The number of nitrogens with one attached hydrogen (secondary N) is 3. The summed E-state index contributed by atoms with van der Waals surface area (Å²) in [6.45, 7) is 4.86. The molecule has 3 heterocycles. The molecule has 2 fully saturated rings. The van der Waals surface area contributed by atoms with Gasteiger partial charge in [-0.3, -0.25) is 0 Å². The zero-order valence-electron chi connectivity index (χ0n) is 13.8. The fraction of sp³-hybridized carbons (Fsp3) is 0.412. The third kappa shape index (κ3) is 3.80. The number of nitrogens with zero attached hydrogens (tertiary/aromatic N) is 3. The second-order valence-corrected chi connectivity index (χ2v) is 6.16. The van der Waals surface area contributed by atoms with Crippen LogP contribution in [-0.2, 0) is 4.74 Å². The van der Waals surface area contributed by atoms with Crippen LogP contribution in [0.2, 0.25) is 0 Å². The van der Waals surface area contributed by atoms with E-state index in [9.17, 15) is 4.39 Å². The summed E-state index contributed by atoms with van der Waals surface area (Å²) in [5.74, 6) is 0.156. The molecule has 2 aliphatic rings. The normalized spacial score (nSPS) is 17.9. The number of morpholine rings is 1. The molecule has 0 atom stereocenters. The summed E-state index contributed by atoms with van der Waals surface area (Å²) in [5.41, 5.74) is 1.99. The lowest BCUT2D eigenvalue weighted by Crippen LogP contribution is -2.51. The molecule has 0 unspecified atom stereocenters. The van der Waals surface area contributed by atoms with E-state index in [-0.39, 0.29) is 11.9 Å². The number of ether oxygens (including phenoxy) is 1. The monoisotopic (exact) mass is 344 g/mol. The van der Waals surface area contributed by atoms with Crippen molar-refractivity contribution in [2.75, 3.05) is 54.9 Å². The van der Waals surface area contributed by atoms with Gasteiger partial charge < -0.3 is 25.6 Å². The fourth-order valence-electron chi connectivity index (χ4n) is 2.84. The Hall–Kier alpha value is -2.45. The summed E-state index contributed by atoms with van der Waals surface area (Å²) in [4.78, 5) is 10.6. The van der Waals surface area contributed by atoms with Gasteiger partial charge in [-0.25, -0.2) is 9.37 Å². The first kappa shape index (κ1) is 16.0. The fourth-order valence-corrected chi connectivity index (χ4v) is 2.84. The smallest absolute Gasteiger partial charge is 0.229 e. The molecule has 0 spiro atoms. The lowest BCUT2D eigenvalue weighted by Gasteiger charge is -2.29. The Kier molecular flexibility index (Phi) is 4.62. The first-order chi connectivity index (χ1) is 12.3. The quantitative estimate of drug-likeness (QED) is 0.760. The van der Waals surface area contributed by atoms with Gasteiger partial charge in [-0.15, -0.1) is 0 Å². The first-order valence-corrected chi connectivity index (χ1v) is 8.47. The van der Waals surface area contributed by atoms with Crippen LogP contribution in [0.3, 0.4) is 0 Å². The molecule has 2 saturated heterocycles. The minimum atomic E-state index is -0.445. The number of halogens is 1. The molecule has 132 valence electrons. The van der Waals surface area contributed by atoms with Crippen LogP contribution in [0.1, 0.15) is 0 Å². The van der Waals surface area contributed by atoms with E-state index in [4.69, 9.17) is 4.74 Å². The molecule has 25 heavy (non-hydrogen) atoms. The van der Waals surface area contributed by atoms with Crippen molar-refractivity contribution >= 4 is 23.1 Å². The van der Waals surface area contributed by atoms with Gasteiger partial charge in [0.05, 0.1) is 25.5 Å². The molecule has 2 aliphatic heterocycles. The van der Waals surface area contributed by atoms with Gasteiger partial charge in [-0.2, -0.15) is 4.98 Å². The summed E-state index contributed by atoms with van der Waals surface area (Å²) in [6, 6.07) is 8.25. The van der Waals surface area contributed by atoms with Crippen molar-refractivity contribution < 1.29 is 9.13 Å². The Morgan fingerprint density at radius 2 is 2.08 bits per heavy atom. The van der Waals surface area contributed by atoms with Crippen molar-refractivity contribution in [1.29, 1.82) is 0 Å². The molecule has 0 amide bonds. The second-order valence-electron chi connectivity index (χ2n) is 6.16. The molecule has 1 aromatic heterocycles. The summed E-state index contributed by atoms with van der Waals surface area (Å²) < 4.78 is 19.3. The Labute approximate surface area is 145 Å². The topological polar surface area (TPSA) is 74.3 Å². The lowest BCUT2D eigenvalue weighted by atomic mass is 10.2. The highest BCUT2D eigenvalue weighted by molar-refractivity contribution is 5.62. The third-order valence-electron chi connectivity index (χ3n) is 4.34. The van der Waals surface area contributed by atoms with Crippen LogP contribution in [-0.4, -0.2) is 55.4 Å². The van der Waals surface area contributed by atoms with Crippen LogP contribution < -0.4 is 20.9 Å². The van der Waals surface area contributed by atoms with Crippen LogP contribution in [0, 0.1) is 5.82 Å². The van der Waals surface area contributed by atoms with E-state index in [2.05, 4.69) is 36.9 Å². The van der Waals surface area contributed by atoms with Gasteiger partial charge in [0.15, 0.2) is 11.6 Å². The van der Waals surface area contributed by atoms with Gasteiger partial charge in [-0.1, -0.05) is 6.07 Å². The minimum absolute atomic E-state index is 0.210. The Bertz CT molecular complexity index is 733. The Morgan fingerprint density at radius 3 is 2.84 bits per heavy atom. The van der Waals surface area contributed by atoms with Gasteiger partial charge in [0.25, 0.3) is 0 Å². The summed E-state index contributed by atoms with van der Waals surface area (Å²) >= 11 is 0. The predicted octanol–water partition coefficient (Wildman–Crippen LogP) is 1.58. The van der Waals surface area contributed by atoms with Crippen LogP contribution in [0.5, 0.6) is 0 Å². The van der Waals surface area contributed by atoms with E-state index < -0.39 is 5.82 Å². The van der Waals surface area contributed by atoms with Gasteiger partial charge in [0.1, 0.15) is 0 Å². The Morgan fingerprint density at radius 1 is 1.24 bits per heavy atom. The molecule has 0 aliphatic carbocycles. The van der Waals surface area contributed by atoms with Crippen LogP contribution in [0.25, 0.3) is 0 Å². The molecule has 7 nitrogen and oxygen atoms in total. The maximum atomic E-state index is 13.9. The number of aromatic nitrogens is 2. The van der Waals surface area contributed by atoms with E-state index in [1.54, 1.807) is 0 Å². The first-order valence-electron chi connectivity index (χ1n) is 8.47. The lowest BCUT2D eigenvalue weighted by molar-refractivity contribution is 0.122. The molecule has 0 radical (unpaired) electrons. The van der Waals surface area contributed by atoms with Crippen LogP contribution in [0.4, 0.5) is 27.5 Å². The summed E-state index contributed by atoms with van der Waals surface area (Å²) in [6.07, 6.45) is 1.19.